The molecule has 0 saturated heterocycles. The Bertz CT molecular complexity index is 680. The Labute approximate surface area is 143 Å². The predicted octanol–water partition coefficient (Wildman–Crippen LogP) is 3.96. The first-order valence-corrected chi connectivity index (χ1v) is 8.16. The van der Waals surface area contributed by atoms with E-state index in [0.717, 1.165) is 23.3 Å². The van der Waals surface area contributed by atoms with E-state index < -0.39 is 0 Å². The molecule has 24 heavy (non-hydrogen) atoms. The molecule has 0 heterocycles. The highest BCUT2D eigenvalue weighted by Gasteiger charge is 2.13. The fourth-order valence-electron chi connectivity index (χ4n) is 2.45. The van der Waals surface area contributed by atoms with Crippen molar-refractivity contribution >= 4 is 5.91 Å². The van der Waals surface area contributed by atoms with Crippen LogP contribution in [0.5, 0.6) is 11.5 Å². The first kappa shape index (κ1) is 17.9. The van der Waals surface area contributed by atoms with Crippen molar-refractivity contribution in [3.63, 3.8) is 0 Å². The molecule has 0 aliphatic carbocycles. The summed E-state index contributed by atoms with van der Waals surface area (Å²) in [6.07, 6.45) is 0.807. The average molecular weight is 327 g/mol. The van der Waals surface area contributed by atoms with Crippen LogP contribution in [0.3, 0.4) is 0 Å². The molecule has 1 atom stereocenters. The van der Waals surface area contributed by atoms with Gasteiger partial charge in [-0.15, -0.1) is 0 Å². The SMILES string of the molecule is CC[C@@H](NC(=O)COc1ccc(C)c(C)c1)c1ccc(OC)cc1. The second-order valence-electron chi connectivity index (χ2n) is 5.84. The first-order valence-electron chi connectivity index (χ1n) is 8.16. The highest BCUT2D eigenvalue weighted by molar-refractivity contribution is 5.78. The maximum atomic E-state index is 12.2. The normalized spacial score (nSPS) is 11.7. The minimum atomic E-state index is -0.129. The lowest BCUT2D eigenvalue weighted by Crippen LogP contribution is -2.32. The summed E-state index contributed by atoms with van der Waals surface area (Å²) in [6, 6.07) is 13.5. The molecule has 0 unspecified atom stereocenters. The summed E-state index contributed by atoms with van der Waals surface area (Å²) < 4.78 is 10.8. The van der Waals surface area contributed by atoms with Crippen molar-refractivity contribution in [3.8, 4) is 11.5 Å². The van der Waals surface area contributed by atoms with Gasteiger partial charge in [-0.05, 0) is 61.2 Å². The van der Waals surface area contributed by atoms with Crippen molar-refractivity contribution in [2.24, 2.45) is 0 Å². The zero-order valence-electron chi connectivity index (χ0n) is 14.8. The number of benzene rings is 2. The molecule has 1 N–H and O–H groups in total. The predicted molar refractivity (Wildman–Crippen MR) is 95.6 cm³/mol. The Hall–Kier alpha value is -2.49. The molecule has 128 valence electrons. The van der Waals surface area contributed by atoms with Gasteiger partial charge in [0.15, 0.2) is 6.61 Å². The molecule has 4 heteroatoms. The number of ether oxygens (including phenoxy) is 2. The minimum Gasteiger partial charge on any atom is -0.497 e. The highest BCUT2D eigenvalue weighted by Crippen LogP contribution is 2.20. The molecule has 0 spiro atoms. The van der Waals surface area contributed by atoms with Gasteiger partial charge in [0.2, 0.25) is 0 Å². The van der Waals surface area contributed by atoms with Crippen molar-refractivity contribution in [3.05, 3.63) is 59.2 Å². The summed E-state index contributed by atoms with van der Waals surface area (Å²) in [5.74, 6) is 1.39. The van der Waals surface area contributed by atoms with E-state index >= 15 is 0 Å². The molecule has 0 bridgehead atoms. The maximum absolute atomic E-state index is 12.2. The number of carbonyl (C=O) groups is 1. The topological polar surface area (TPSA) is 47.6 Å². The van der Waals surface area contributed by atoms with Gasteiger partial charge in [-0.3, -0.25) is 4.79 Å². The monoisotopic (exact) mass is 327 g/mol. The van der Waals surface area contributed by atoms with Gasteiger partial charge in [0, 0.05) is 0 Å². The highest BCUT2D eigenvalue weighted by atomic mass is 16.5. The van der Waals surface area contributed by atoms with E-state index in [9.17, 15) is 4.79 Å². The van der Waals surface area contributed by atoms with Gasteiger partial charge >= 0.3 is 0 Å². The Morgan fingerprint density at radius 3 is 2.29 bits per heavy atom. The summed E-state index contributed by atoms with van der Waals surface area (Å²) in [5.41, 5.74) is 3.41. The summed E-state index contributed by atoms with van der Waals surface area (Å²) in [4.78, 5) is 12.2. The number of amides is 1. The summed E-state index contributed by atoms with van der Waals surface area (Å²) in [5, 5.41) is 3.01. The third-order valence-electron chi connectivity index (χ3n) is 4.11. The molecule has 4 nitrogen and oxygen atoms in total. The number of hydrogen-bond acceptors (Lipinski definition) is 3. The Morgan fingerprint density at radius 1 is 1.04 bits per heavy atom. The van der Waals surface area contributed by atoms with Crippen LogP contribution in [-0.2, 0) is 4.79 Å². The van der Waals surface area contributed by atoms with E-state index in [2.05, 4.69) is 5.32 Å². The second kappa shape index (κ2) is 8.39. The lowest BCUT2D eigenvalue weighted by Gasteiger charge is -2.18. The van der Waals surface area contributed by atoms with Gasteiger partial charge in [-0.25, -0.2) is 0 Å². The summed E-state index contributed by atoms with van der Waals surface area (Å²) in [7, 11) is 1.64. The van der Waals surface area contributed by atoms with Crippen LogP contribution >= 0.6 is 0 Å². The Balaban J connectivity index is 1.92. The fraction of sp³-hybridized carbons (Fsp3) is 0.350. The minimum absolute atomic E-state index is 0.00908. The van der Waals surface area contributed by atoms with Gasteiger partial charge in [0.05, 0.1) is 13.2 Å². The zero-order chi connectivity index (χ0) is 17.5. The van der Waals surface area contributed by atoms with Gasteiger partial charge in [0.1, 0.15) is 11.5 Å². The average Bonchev–Trinajstić information content (AvgIpc) is 2.61. The van der Waals surface area contributed by atoms with Crippen LogP contribution < -0.4 is 14.8 Å². The van der Waals surface area contributed by atoms with E-state index in [1.807, 2.05) is 63.2 Å². The van der Waals surface area contributed by atoms with Crippen molar-refractivity contribution in [1.29, 1.82) is 0 Å². The first-order chi connectivity index (χ1) is 11.5. The zero-order valence-corrected chi connectivity index (χ0v) is 14.8. The van der Waals surface area contributed by atoms with Crippen molar-refractivity contribution in [2.45, 2.75) is 33.2 Å². The van der Waals surface area contributed by atoms with E-state index in [-0.39, 0.29) is 18.6 Å². The van der Waals surface area contributed by atoms with Crippen LogP contribution in [0.1, 0.15) is 36.1 Å². The van der Waals surface area contributed by atoms with E-state index in [1.54, 1.807) is 7.11 Å². The number of nitrogens with one attached hydrogen (secondary N) is 1. The number of hydrogen-bond donors (Lipinski definition) is 1. The number of methoxy groups -OCH3 is 1. The molecule has 1 amide bonds. The molecule has 0 saturated carbocycles. The van der Waals surface area contributed by atoms with Crippen molar-refractivity contribution in [1.82, 2.24) is 5.32 Å². The smallest absolute Gasteiger partial charge is 0.258 e. The van der Waals surface area contributed by atoms with Crippen molar-refractivity contribution in [2.75, 3.05) is 13.7 Å². The number of rotatable bonds is 7. The van der Waals surface area contributed by atoms with E-state index in [0.29, 0.717) is 5.75 Å². The molecule has 0 aliphatic rings. The van der Waals surface area contributed by atoms with E-state index in [1.165, 1.54) is 5.56 Å². The van der Waals surface area contributed by atoms with Crippen LogP contribution in [0.15, 0.2) is 42.5 Å². The molecule has 0 aromatic heterocycles. The second-order valence-corrected chi connectivity index (χ2v) is 5.84. The third-order valence-corrected chi connectivity index (χ3v) is 4.11. The molecule has 2 aromatic carbocycles. The lowest BCUT2D eigenvalue weighted by atomic mass is 10.0. The Kier molecular flexibility index (Phi) is 6.24. The Morgan fingerprint density at radius 2 is 1.71 bits per heavy atom. The third kappa shape index (κ3) is 4.75. The van der Waals surface area contributed by atoms with Gasteiger partial charge in [0.25, 0.3) is 5.91 Å². The van der Waals surface area contributed by atoms with Crippen molar-refractivity contribution < 1.29 is 14.3 Å². The molecule has 0 radical (unpaired) electrons. The summed E-state index contributed by atoms with van der Waals surface area (Å²) in [6.45, 7) is 6.13. The van der Waals surface area contributed by atoms with Gasteiger partial charge < -0.3 is 14.8 Å². The summed E-state index contributed by atoms with van der Waals surface area (Å²) >= 11 is 0. The standard InChI is InChI=1S/C20H25NO3/c1-5-19(16-7-10-17(23-4)11-8-16)21-20(22)13-24-18-9-6-14(2)15(3)12-18/h6-12,19H,5,13H2,1-4H3,(H,21,22)/t19-/m1/s1. The molecule has 2 aromatic rings. The van der Waals surface area contributed by atoms with Gasteiger partial charge in [-0.2, -0.15) is 0 Å². The fourth-order valence-corrected chi connectivity index (χ4v) is 2.45. The molecule has 2 rings (SSSR count). The van der Waals surface area contributed by atoms with Crippen LogP contribution in [-0.4, -0.2) is 19.6 Å². The largest absolute Gasteiger partial charge is 0.497 e. The number of aryl methyl sites for hydroxylation is 2. The van der Waals surface area contributed by atoms with Crippen LogP contribution in [0, 0.1) is 13.8 Å². The quantitative estimate of drug-likeness (QED) is 0.837. The van der Waals surface area contributed by atoms with Crippen LogP contribution in [0.25, 0.3) is 0 Å². The molecular weight excluding hydrogens is 302 g/mol. The molecule has 0 aliphatic heterocycles. The van der Waals surface area contributed by atoms with E-state index in [4.69, 9.17) is 9.47 Å². The van der Waals surface area contributed by atoms with Gasteiger partial charge in [-0.1, -0.05) is 25.1 Å². The number of carbonyl (C=O) groups excluding carboxylic acids is 1. The molecule has 0 fully saturated rings. The van der Waals surface area contributed by atoms with Crippen LogP contribution in [0.4, 0.5) is 0 Å². The molecular formula is C20H25NO3. The lowest BCUT2D eigenvalue weighted by molar-refractivity contribution is -0.123. The maximum Gasteiger partial charge on any atom is 0.258 e. The van der Waals surface area contributed by atoms with Crippen LogP contribution in [0.2, 0.25) is 0 Å².